The number of hydrogen-bond acceptors (Lipinski definition) is 4. The van der Waals surface area contributed by atoms with Crippen molar-refractivity contribution >= 4 is 27.8 Å². The van der Waals surface area contributed by atoms with Gasteiger partial charge in [0.1, 0.15) is 0 Å². The Bertz CT molecular complexity index is 888. The molecule has 0 atom stereocenters. The first-order chi connectivity index (χ1) is 11.5. The predicted octanol–water partition coefficient (Wildman–Crippen LogP) is 2.62. The van der Waals surface area contributed by atoms with Crippen molar-refractivity contribution in [3.05, 3.63) is 65.7 Å². The highest BCUT2D eigenvalue weighted by molar-refractivity contribution is 7.92. The van der Waals surface area contributed by atoms with Crippen LogP contribution in [0.15, 0.2) is 59.5 Å². The molecule has 0 fully saturated rings. The molecule has 0 radical (unpaired) electrons. The number of hydrogen-bond donors (Lipinski definition) is 0. The first-order valence-electron chi connectivity index (χ1n) is 7.49. The van der Waals surface area contributed by atoms with Crippen LogP contribution in [0.25, 0.3) is 6.08 Å². The molecule has 6 heteroatoms. The number of ether oxygens (including phenoxy) is 1. The van der Waals surface area contributed by atoms with E-state index in [1.807, 2.05) is 6.07 Å². The third-order valence-electron chi connectivity index (χ3n) is 3.90. The quantitative estimate of drug-likeness (QED) is 0.632. The van der Waals surface area contributed by atoms with Gasteiger partial charge in [-0.3, -0.25) is 4.31 Å². The van der Waals surface area contributed by atoms with Gasteiger partial charge in [0, 0.05) is 12.6 Å². The molecule has 1 aliphatic rings. The van der Waals surface area contributed by atoms with E-state index >= 15 is 0 Å². The van der Waals surface area contributed by atoms with Gasteiger partial charge in [0.05, 0.1) is 17.7 Å². The number of carbonyl (C=O) groups is 1. The van der Waals surface area contributed by atoms with Crippen molar-refractivity contribution in [1.82, 2.24) is 0 Å². The van der Waals surface area contributed by atoms with Crippen LogP contribution in [-0.2, 0) is 26.0 Å². The van der Waals surface area contributed by atoms with Crippen LogP contribution in [0, 0.1) is 0 Å². The van der Waals surface area contributed by atoms with E-state index in [0.29, 0.717) is 18.7 Å². The van der Waals surface area contributed by atoms with Gasteiger partial charge in [-0.15, -0.1) is 0 Å². The lowest BCUT2D eigenvalue weighted by atomic mass is 10.1. The van der Waals surface area contributed by atoms with E-state index in [1.54, 1.807) is 48.5 Å². The highest BCUT2D eigenvalue weighted by Crippen LogP contribution is 2.33. The van der Waals surface area contributed by atoms with Gasteiger partial charge in [-0.25, -0.2) is 13.2 Å². The van der Waals surface area contributed by atoms with Crippen molar-refractivity contribution in [1.29, 1.82) is 0 Å². The number of benzene rings is 2. The van der Waals surface area contributed by atoms with Crippen LogP contribution in [-0.4, -0.2) is 28.0 Å². The first kappa shape index (κ1) is 16.3. The summed E-state index contributed by atoms with van der Waals surface area (Å²) >= 11 is 0. The highest BCUT2D eigenvalue weighted by Gasteiger charge is 2.30. The van der Waals surface area contributed by atoms with Crippen LogP contribution >= 0.6 is 0 Å². The fourth-order valence-corrected chi connectivity index (χ4v) is 4.22. The maximum Gasteiger partial charge on any atom is 0.330 e. The molecule has 0 aliphatic carbocycles. The number of fused-ring (bicyclic) bond motifs is 1. The Hall–Kier alpha value is -2.60. The molecule has 2 aromatic rings. The SMILES string of the molecule is COC(=O)/C=C/c1ccc2c(c1)CCN2S(=O)(=O)c1ccccc1. The Morgan fingerprint density at radius 1 is 1.17 bits per heavy atom. The van der Waals surface area contributed by atoms with E-state index < -0.39 is 16.0 Å². The second-order valence-corrected chi connectivity index (χ2v) is 7.25. The van der Waals surface area contributed by atoms with Crippen molar-refractivity contribution in [2.75, 3.05) is 18.0 Å². The molecule has 1 aliphatic heterocycles. The third kappa shape index (κ3) is 3.05. The molecule has 0 aromatic heterocycles. The molecule has 3 rings (SSSR count). The molecule has 0 N–H and O–H groups in total. The summed E-state index contributed by atoms with van der Waals surface area (Å²) < 4.78 is 31.6. The minimum absolute atomic E-state index is 0.285. The molecule has 2 aromatic carbocycles. The maximum absolute atomic E-state index is 12.8. The van der Waals surface area contributed by atoms with Gasteiger partial charge in [-0.1, -0.05) is 24.3 Å². The second-order valence-electron chi connectivity index (χ2n) is 5.38. The van der Waals surface area contributed by atoms with Crippen molar-refractivity contribution < 1.29 is 17.9 Å². The fourth-order valence-electron chi connectivity index (χ4n) is 2.70. The average Bonchev–Trinajstić information content (AvgIpc) is 3.04. The molecular weight excluding hydrogens is 326 g/mol. The number of carbonyl (C=O) groups excluding carboxylic acids is 1. The smallest absolute Gasteiger partial charge is 0.330 e. The molecule has 124 valence electrons. The summed E-state index contributed by atoms with van der Waals surface area (Å²) in [6, 6.07) is 13.9. The van der Waals surface area contributed by atoms with Crippen LogP contribution in [0.2, 0.25) is 0 Å². The standard InChI is InChI=1S/C18H17NO4S/c1-23-18(20)10-8-14-7-9-17-15(13-14)11-12-19(17)24(21,22)16-5-3-2-4-6-16/h2-10,13H,11-12H2,1H3/b10-8+. The summed E-state index contributed by atoms with van der Waals surface area (Å²) in [6.07, 6.45) is 3.64. The zero-order valence-corrected chi connectivity index (χ0v) is 14.0. The number of esters is 1. The largest absolute Gasteiger partial charge is 0.466 e. The lowest BCUT2D eigenvalue weighted by Gasteiger charge is -2.19. The predicted molar refractivity (Wildman–Crippen MR) is 92.2 cm³/mol. The number of methoxy groups -OCH3 is 1. The monoisotopic (exact) mass is 343 g/mol. The van der Waals surface area contributed by atoms with Gasteiger partial charge in [0.2, 0.25) is 0 Å². The van der Waals surface area contributed by atoms with Crippen LogP contribution in [0.4, 0.5) is 5.69 Å². The summed E-state index contributed by atoms with van der Waals surface area (Å²) in [7, 11) is -2.23. The van der Waals surface area contributed by atoms with Crippen LogP contribution in [0.3, 0.4) is 0 Å². The lowest BCUT2D eigenvalue weighted by Crippen LogP contribution is -2.29. The van der Waals surface area contributed by atoms with Crippen molar-refractivity contribution in [3.8, 4) is 0 Å². The van der Waals surface area contributed by atoms with E-state index in [-0.39, 0.29) is 4.90 Å². The summed E-state index contributed by atoms with van der Waals surface area (Å²) in [5.74, 6) is -0.427. The molecule has 24 heavy (non-hydrogen) atoms. The molecule has 0 spiro atoms. The zero-order valence-electron chi connectivity index (χ0n) is 13.2. The number of anilines is 1. The molecule has 0 saturated carbocycles. The molecular formula is C18H17NO4S. The number of rotatable bonds is 4. The van der Waals surface area contributed by atoms with E-state index in [0.717, 1.165) is 11.1 Å². The van der Waals surface area contributed by atoms with E-state index in [2.05, 4.69) is 4.74 Å². The van der Waals surface area contributed by atoms with E-state index in [9.17, 15) is 13.2 Å². The van der Waals surface area contributed by atoms with Crippen molar-refractivity contribution in [2.24, 2.45) is 0 Å². The number of sulfonamides is 1. The van der Waals surface area contributed by atoms with Crippen LogP contribution in [0.1, 0.15) is 11.1 Å². The first-order valence-corrected chi connectivity index (χ1v) is 8.93. The van der Waals surface area contributed by atoms with Crippen LogP contribution < -0.4 is 4.31 Å². The Labute approximate surface area is 141 Å². The number of nitrogens with zero attached hydrogens (tertiary/aromatic N) is 1. The molecule has 1 heterocycles. The normalized spacial score (nSPS) is 14.0. The molecule has 0 unspecified atom stereocenters. The second kappa shape index (κ2) is 6.49. The van der Waals surface area contributed by atoms with Gasteiger partial charge < -0.3 is 4.74 Å². The van der Waals surface area contributed by atoms with E-state index in [4.69, 9.17) is 0 Å². The Balaban J connectivity index is 1.91. The van der Waals surface area contributed by atoms with Gasteiger partial charge in [-0.2, -0.15) is 0 Å². The molecule has 0 bridgehead atoms. The fraction of sp³-hybridized carbons (Fsp3) is 0.167. The Morgan fingerprint density at radius 3 is 2.62 bits per heavy atom. The topological polar surface area (TPSA) is 63.7 Å². The minimum Gasteiger partial charge on any atom is -0.466 e. The average molecular weight is 343 g/mol. The lowest BCUT2D eigenvalue weighted by molar-refractivity contribution is -0.134. The minimum atomic E-state index is -3.55. The summed E-state index contributed by atoms with van der Waals surface area (Å²) in [5.41, 5.74) is 2.47. The maximum atomic E-state index is 12.8. The third-order valence-corrected chi connectivity index (χ3v) is 5.73. The Morgan fingerprint density at radius 2 is 1.92 bits per heavy atom. The Kier molecular flexibility index (Phi) is 4.40. The van der Waals surface area contributed by atoms with Gasteiger partial charge in [0.15, 0.2) is 0 Å². The summed E-state index contributed by atoms with van der Waals surface area (Å²) in [5, 5.41) is 0. The summed E-state index contributed by atoms with van der Waals surface area (Å²) in [4.78, 5) is 11.4. The van der Waals surface area contributed by atoms with Gasteiger partial charge in [0.25, 0.3) is 10.0 Å². The van der Waals surface area contributed by atoms with Crippen LogP contribution in [0.5, 0.6) is 0 Å². The molecule has 5 nitrogen and oxygen atoms in total. The van der Waals surface area contributed by atoms with Crippen molar-refractivity contribution in [3.63, 3.8) is 0 Å². The van der Waals surface area contributed by atoms with Gasteiger partial charge in [-0.05, 0) is 47.9 Å². The molecule has 0 saturated heterocycles. The zero-order chi connectivity index (χ0) is 17.2. The summed E-state index contributed by atoms with van der Waals surface area (Å²) in [6.45, 7) is 0.413. The van der Waals surface area contributed by atoms with Gasteiger partial charge >= 0.3 is 5.97 Å². The van der Waals surface area contributed by atoms with E-state index in [1.165, 1.54) is 17.5 Å². The highest BCUT2D eigenvalue weighted by atomic mass is 32.2. The molecule has 0 amide bonds. The van der Waals surface area contributed by atoms with Crippen molar-refractivity contribution in [2.45, 2.75) is 11.3 Å².